The maximum atomic E-state index is 11.0. The van der Waals surface area contributed by atoms with Crippen molar-refractivity contribution in [3.05, 3.63) is 90.0 Å². The van der Waals surface area contributed by atoms with Gasteiger partial charge in [-0.3, -0.25) is 10.0 Å². The number of aromatic nitrogens is 1. The predicted molar refractivity (Wildman–Crippen MR) is 117 cm³/mol. The number of fused-ring (bicyclic) bond motifs is 3. The molecule has 4 aromatic rings. The van der Waals surface area contributed by atoms with Gasteiger partial charge in [0.15, 0.2) is 0 Å². The van der Waals surface area contributed by atoms with E-state index in [1.165, 1.54) is 33.4 Å². The highest BCUT2D eigenvalue weighted by Gasteiger charge is 2.08. The third kappa shape index (κ3) is 4.21. The van der Waals surface area contributed by atoms with Gasteiger partial charge in [0.05, 0.1) is 0 Å². The Morgan fingerprint density at radius 1 is 0.897 bits per heavy atom. The summed E-state index contributed by atoms with van der Waals surface area (Å²) in [7, 11) is 0. The number of nitrogens with zero attached hydrogens (tertiary/aromatic N) is 1. The Hall–Kier alpha value is -3.41. The van der Waals surface area contributed by atoms with Gasteiger partial charge in [-0.15, -0.1) is 0 Å². The summed E-state index contributed by atoms with van der Waals surface area (Å²) in [6, 6.07) is 25.0. The van der Waals surface area contributed by atoms with Gasteiger partial charge in [-0.1, -0.05) is 60.7 Å². The van der Waals surface area contributed by atoms with Crippen molar-refractivity contribution in [3.8, 4) is 0 Å². The van der Waals surface area contributed by atoms with Gasteiger partial charge in [0.2, 0.25) is 0 Å². The van der Waals surface area contributed by atoms with Gasteiger partial charge >= 0.3 is 0 Å². The molecule has 1 aromatic heterocycles. The fourth-order valence-electron chi connectivity index (χ4n) is 3.62. The molecule has 0 unspecified atom stereocenters. The summed E-state index contributed by atoms with van der Waals surface area (Å²) < 4.78 is 2.37. The zero-order valence-corrected chi connectivity index (χ0v) is 16.0. The molecule has 1 heterocycles. The molecular formula is C24H23N3O2. The van der Waals surface area contributed by atoms with Crippen LogP contribution in [0.5, 0.6) is 0 Å². The van der Waals surface area contributed by atoms with Gasteiger partial charge in [0.1, 0.15) is 0 Å². The highest BCUT2D eigenvalue weighted by Crippen LogP contribution is 2.28. The number of carbonyl (C=O) groups is 1. The molecule has 0 aliphatic heterocycles. The smallest absolute Gasteiger partial charge is 0.267 e. The first kappa shape index (κ1) is 18.9. The van der Waals surface area contributed by atoms with Crippen LogP contribution < -0.4 is 10.8 Å². The van der Waals surface area contributed by atoms with Crippen molar-refractivity contribution >= 4 is 33.8 Å². The van der Waals surface area contributed by atoms with Crippen molar-refractivity contribution < 1.29 is 10.0 Å². The van der Waals surface area contributed by atoms with Crippen LogP contribution >= 0.6 is 0 Å². The number of hydrogen-bond acceptors (Lipinski definition) is 3. The Bertz CT molecular complexity index is 1110. The van der Waals surface area contributed by atoms with Crippen LogP contribution in [0, 0.1) is 0 Å². The highest BCUT2D eigenvalue weighted by molar-refractivity contribution is 6.07. The lowest BCUT2D eigenvalue weighted by atomic mass is 10.1. The predicted octanol–water partition coefficient (Wildman–Crippen LogP) is 4.10. The molecule has 3 aromatic carbocycles. The van der Waals surface area contributed by atoms with Gasteiger partial charge in [0.25, 0.3) is 5.91 Å². The van der Waals surface area contributed by atoms with E-state index in [9.17, 15) is 4.79 Å². The van der Waals surface area contributed by atoms with Crippen LogP contribution in [0.25, 0.3) is 27.9 Å². The Morgan fingerprint density at radius 2 is 1.52 bits per heavy atom. The van der Waals surface area contributed by atoms with E-state index >= 15 is 0 Å². The molecule has 0 fully saturated rings. The topological polar surface area (TPSA) is 66.3 Å². The van der Waals surface area contributed by atoms with Gasteiger partial charge in [0, 0.05) is 47.5 Å². The zero-order valence-electron chi connectivity index (χ0n) is 16.0. The number of para-hydroxylation sites is 2. The number of carbonyl (C=O) groups excluding carboxylic acids is 1. The van der Waals surface area contributed by atoms with Gasteiger partial charge < -0.3 is 9.88 Å². The maximum absolute atomic E-state index is 11.0. The summed E-state index contributed by atoms with van der Waals surface area (Å²) in [4.78, 5) is 11.0. The van der Waals surface area contributed by atoms with Crippen LogP contribution in [0.1, 0.15) is 11.1 Å². The number of rotatable bonds is 7. The Balaban J connectivity index is 1.38. The molecular weight excluding hydrogens is 362 g/mol. The van der Waals surface area contributed by atoms with Crippen LogP contribution in [0.15, 0.2) is 78.9 Å². The Morgan fingerprint density at radius 3 is 2.14 bits per heavy atom. The molecule has 146 valence electrons. The van der Waals surface area contributed by atoms with Crippen LogP contribution in [0.3, 0.4) is 0 Å². The largest absolute Gasteiger partial charge is 0.339 e. The fourth-order valence-corrected chi connectivity index (χ4v) is 3.62. The van der Waals surface area contributed by atoms with E-state index < -0.39 is 5.91 Å². The maximum Gasteiger partial charge on any atom is 0.267 e. The summed E-state index contributed by atoms with van der Waals surface area (Å²) >= 11 is 0. The van der Waals surface area contributed by atoms with Crippen molar-refractivity contribution in [1.82, 2.24) is 15.4 Å². The van der Waals surface area contributed by atoms with Crippen LogP contribution in [0.2, 0.25) is 0 Å². The molecule has 0 bridgehead atoms. The molecule has 0 aliphatic carbocycles. The van der Waals surface area contributed by atoms with Crippen molar-refractivity contribution in [2.24, 2.45) is 0 Å². The molecule has 4 rings (SSSR count). The average molecular weight is 385 g/mol. The molecule has 0 saturated carbocycles. The number of hydroxylamine groups is 1. The summed E-state index contributed by atoms with van der Waals surface area (Å²) in [5.41, 5.74) is 6.18. The lowest BCUT2D eigenvalue weighted by Crippen LogP contribution is -2.19. The monoisotopic (exact) mass is 385 g/mol. The van der Waals surface area contributed by atoms with E-state index in [4.69, 9.17) is 5.21 Å². The zero-order chi connectivity index (χ0) is 20.1. The van der Waals surface area contributed by atoms with E-state index in [0.29, 0.717) is 0 Å². The van der Waals surface area contributed by atoms with E-state index in [0.717, 1.165) is 25.2 Å². The summed E-state index contributed by atoms with van der Waals surface area (Å²) in [6.45, 7) is 2.53. The Labute approximate surface area is 169 Å². The van der Waals surface area contributed by atoms with Crippen LogP contribution in [-0.2, 0) is 17.9 Å². The van der Waals surface area contributed by atoms with Gasteiger partial charge in [-0.05, 0) is 29.3 Å². The molecule has 0 radical (unpaired) electrons. The summed E-state index contributed by atoms with van der Waals surface area (Å²) in [5, 5.41) is 14.6. The molecule has 5 heteroatoms. The van der Waals surface area contributed by atoms with E-state index in [2.05, 4.69) is 58.4 Å². The number of nitrogens with one attached hydrogen (secondary N) is 2. The van der Waals surface area contributed by atoms with Gasteiger partial charge in [-0.25, -0.2) is 5.48 Å². The second-order valence-electron chi connectivity index (χ2n) is 6.91. The lowest BCUT2D eigenvalue weighted by molar-refractivity contribution is -0.124. The lowest BCUT2D eigenvalue weighted by Gasteiger charge is -2.09. The van der Waals surface area contributed by atoms with Crippen molar-refractivity contribution in [1.29, 1.82) is 0 Å². The van der Waals surface area contributed by atoms with E-state index in [-0.39, 0.29) is 0 Å². The quantitative estimate of drug-likeness (QED) is 0.194. The molecule has 0 spiro atoms. The SMILES string of the molecule is O=C(/C=C/c1ccc(CNCCn2c3ccccc3c3ccccc32)cc1)NO. The molecule has 3 N–H and O–H groups in total. The van der Waals surface area contributed by atoms with Crippen LogP contribution in [-0.4, -0.2) is 22.2 Å². The first-order valence-electron chi connectivity index (χ1n) is 9.64. The molecule has 29 heavy (non-hydrogen) atoms. The second-order valence-corrected chi connectivity index (χ2v) is 6.91. The molecule has 5 nitrogen and oxygen atoms in total. The van der Waals surface area contributed by atoms with Crippen molar-refractivity contribution in [2.75, 3.05) is 6.54 Å². The molecule has 0 atom stereocenters. The molecule has 0 saturated heterocycles. The van der Waals surface area contributed by atoms with E-state index in [1.54, 1.807) is 11.6 Å². The number of amides is 1. The first-order valence-corrected chi connectivity index (χ1v) is 9.64. The number of benzene rings is 3. The van der Waals surface area contributed by atoms with Crippen molar-refractivity contribution in [3.63, 3.8) is 0 Å². The standard InChI is InChI=1S/C24H23N3O2/c28-24(26-29)14-13-18-9-11-19(12-10-18)17-25-15-16-27-22-7-3-1-5-20(22)21-6-2-4-8-23(21)27/h1-14,25,29H,15-17H2,(H,26,28)/b14-13+. The van der Waals surface area contributed by atoms with E-state index in [1.807, 2.05) is 24.3 Å². The molecule has 0 aliphatic rings. The minimum atomic E-state index is -0.541. The average Bonchev–Trinajstić information content (AvgIpc) is 3.10. The summed E-state index contributed by atoms with van der Waals surface area (Å²) in [5.74, 6) is -0.541. The second kappa shape index (κ2) is 8.73. The summed E-state index contributed by atoms with van der Waals surface area (Å²) in [6.07, 6.45) is 2.95. The normalized spacial score (nSPS) is 11.5. The molecule has 1 amide bonds. The minimum Gasteiger partial charge on any atom is -0.339 e. The third-order valence-corrected chi connectivity index (χ3v) is 5.04. The third-order valence-electron chi connectivity index (χ3n) is 5.04. The minimum absolute atomic E-state index is 0.541. The number of hydrogen-bond donors (Lipinski definition) is 3. The van der Waals surface area contributed by atoms with Crippen LogP contribution in [0.4, 0.5) is 0 Å². The van der Waals surface area contributed by atoms with Crippen molar-refractivity contribution in [2.45, 2.75) is 13.1 Å². The highest BCUT2D eigenvalue weighted by atomic mass is 16.5. The Kier molecular flexibility index (Phi) is 5.70. The van der Waals surface area contributed by atoms with Gasteiger partial charge in [-0.2, -0.15) is 0 Å². The first-order chi connectivity index (χ1) is 14.3. The fraction of sp³-hybridized carbons (Fsp3) is 0.125.